The molecule has 2 aromatic heterocycles. The highest BCUT2D eigenvalue weighted by atomic mass is 19.1. The van der Waals surface area contributed by atoms with Crippen LogP contribution in [0.25, 0.3) is 22.6 Å². The van der Waals surface area contributed by atoms with E-state index in [1.165, 1.54) is 17.8 Å². The number of aromatic nitrogens is 3. The van der Waals surface area contributed by atoms with Crippen LogP contribution in [0.15, 0.2) is 67.0 Å². The molecule has 0 aliphatic rings. The predicted octanol–water partition coefficient (Wildman–Crippen LogP) is 5.73. The molecule has 0 saturated carbocycles. The molecule has 0 radical (unpaired) electrons. The van der Waals surface area contributed by atoms with Gasteiger partial charge in [-0.15, -0.1) is 0 Å². The summed E-state index contributed by atoms with van der Waals surface area (Å²) in [7, 11) is 1.62. The lowest BCUT2D eigenvalue weighted by Crippen LogP contribution is -2.03. The smallest absolute Gasteiger partial charge is 0.212 e. The molecule has 4 aromatic rings. The molecular weight excluding hydrogens is 381 g/mol. The second kappa shape index (κ2) is 8.37. The van der Waals surface area contributed by atoms with Crippen molar-refractivity contribution in [3.63, 3.8) is 0 Å². The number of imidazole rings is 1. The minimum Gasteiger partial charge on any atom is -0.496 e. The fourth-order valence-electron chi connectivity index (χ4n) is 3.20. The van der Waals surface area contributed by atoms with Gasteiger partial charge < -0.3 is 14.5 Å². The number of aryl methyl sites for hydroxylation is 1. The molecule has 5 nitrogen and oxygen atoms in total. The molecule has 2 heterocycles. The molecule has 1 atom stereocenters. The molecule has 0 bridgehead atoms. The van der Waals surface area contributed by atoms with Crippen LogP contribution < -0.4 is 9.47 Å². The third kappa shape index (κ3) is 4.17. The van der Waals surface area contributed by atoms with Crippen molar-refractivity contribution < 1.29 is 13.9 Å². The normalized spacial score (nSPS) is 11.9. The van der Waals surface area contributed by atoms with Gasteiger partial charge in [0.1, 0.15) is 23.4 Å². The van der Waals surface area contributed by atoms with E-state index in [0.717, 1.165) is 16.8 Å². The number of hydrogen-bond acceptors (Lipinski definition) is 4. The number of benzene rings is 2. The number of H-pyrrole nitrogens is 1. The van der Waals surface area contributed by atoms with Crippen molar-refractivity contribution in [2.45, 2.75) is 20.0 Å². The zero-order valence-electron chi connectivity index (χ0n) is 17.0. The van der Waals surface area contributed by atoms with Crippen molar-refractivity contribution in [3.05, 3.63) is 84.1 Å². The van der Waals surface area contributed by atoms with Crippen LogP contribution in [0.2, 0.25) is 0 Å². The molecule has 30 heavy (non-hydrogen) atoms. The van der Waals surface area contributed by atoms with E-state index in [1.54, 1.807) is 19.4 Å². The first-order chi connectivity index (χ1) is 14.5. The van der Waals surface area contributed by atoms with Crippen molar-refractivity contribution in [2.75, 3.05) is 7.11 Å². The van der Waals surface area contributed by atoms with Crippen molar-refractivity contribution in [1.82, 2.24) is 15.0 Å². The summed E-state index contributed by atoms with van der Waals surface area (Å²) < 4.78 is 24.7. The first kappa shape index (κ1) is 19.6. The lowest BCUT2D eigenvalue weighted by Gasteiger charge is -2.17. The van der Waals surface area contributed by atoms with Gasteiger partial charge in [0.15, 0.2) is 0 Å². The average molecular weight is 403 g/mol. The van der Waals surface area contributed by atoms with E-state index < -0.39 is 5.95 Å². The first-order valence-corrected chi connectivity index (χ1v) is 9.62. The number of hydrogen-bond donors (Lipinski definition) is 1. The van der Waals surface area contributed by atoms with Gasteiger partial charge in [0, 0.05) is 23.4 Å². The minimum absolute atomic E-state index is 0.0918. The number of ether oxygens (including phenoxy) is 2. The number of aromatic amines is 1. The van der Waals surface area contributed by atoms with Crippen LogP contribution in [0.5, 0.6) is 11.5 Å². The molecule has 1 N–H and O–H groups in total. The predicted molar refractivity (Wildman–Crippen MR) is 114 cm³/mol. The van der Waals surface area contributed by atoms with Gasteiger partial charge in [-0.1, -0.05) is 29.8 Å². The largest absolute Gasteiger partial charge is 0.496 e. The Labute approximate surface area is 174 Å². The molecule has 0 aliphatic heterocycles. The Balaban J connectivity index is 1.57. The van der Waals surface area contributed by atoms with E-state index in [0.29, 0.717) is 22.9 Å². The Bertz CT molecular complexity index is 1140. The number of rotatable bonds is 6. The van der Waals surface area contributed by atoms with Crippen molar-refractivity contribution in [3.8, 4) is 34.1 Å². The van der Waals surface area contributed by atoms with Crippen LogP contribution in [-0.4, -0.2) is 22.1 Å². The maximum Gasteiger partial charge on any atom is 0.212 e. The second-order valence-corrected chi connectivity index (χ2v) is 7.05. The molecule has 0 amide bonds. The summed E-state index contributed by atoms with van der Waals surface area (Å²) in [5.41, 5.74) is 4.65. The third-order valence-corrected chi connectivity index (χ3v) is 4.90. The van der Waals surface area contributed by atoms with E-state index in [-0.39, 0.29) is 6.10 Å². The SMILES string of the molecule is COc1cc(O[C@@H](C)c2ccc(C)cc2)ccc1-c1cnc(-c2ccc(F)nc2)[nH]1. The van der Waals surface area contributed by atoms with Crippen LogP contribution in [0.4, 0.5) is 4.39 Å². The Kier molecular flexibility index (Phi) is 5.48. The Hall–Kier alpha value is -3.67. The zero-order chi connectivity index (χ0) is 21.1. The molecule has 0 fully saturated rings. The van der Waals surface area contributed by atoms with Crippen LogP contribution in [0.3, 0.4) is 0 Å². The van der Waals surface area contributed by atoms with Crippen LogP contribution in [0, 0.1) is 12.9 Å². The summed E-state index contributed by atoms with van der Waals surface area (Å²) in [6, 6.07) is 16.9. The molecule has 0 saturated heterocycles. The van der Waals surface area contributed by atoms with E-state index >= 15 is 0 Å². The van der Waals surface area contributed by atoms with Crippen LogP contribution in [0.1, 0.15) is 24.2 Å². The van der Waals surface area contributed by atoms with Gasteiger partial charge in [-0.3, -0.25) is 0 Å². The highest BCUT2D eigenvalue weighted by Gasteiger charge is 2.14. The number of methoxy groups -OCH3 is 1. The monoisotopic (exact) mass is 403 g/mol. The van der Waals surface area contributed by atoms with Crippen molar-refractivity contribution in [1.29, 1.82) is 0 Å². The first-order valence-electron chi connectivity index (χ1n) is 9.62. The molecule has 0 spiro atoms. The van der Waals surface area contributed by atoms with Gasteiger partial charge in [-0.2, -0.15) is 4.39 Å². The lowest BCUT2D eigenvalue weighted by molar-refractivity contribution is 0.226. The molecular formula is C24H22FN3O2. The Morgan fingerprint density at radius 3 is 2.47 bits per heavy atom. The average Bonchev–Trinajstić information content (AvgIpc) is 3.24. The minimum atomic E-state index is -0.525. The zero-order valence-corrected chi connectivity index (χ0v) is 17.0. The third-order valence-electron chi connectivity index (χ3n) is 4.90. The summed E-state index contributed by atoms with van der Waals surface area (Å²) in [4.78, 5) is 11.3. The van der Waals surface area contributed by atoms with Crippen molar-refractivity contribution in [2.24, 2.45) is 0 Å². The molecule has 152 valence electrons. The molecule has 2 aromatic carbocycles. The summed E-state index contributed by atoms with van der Waals surface area (Å²) in [5, 5.41) is 0. The number of halogens is 1. The van der Waals surface area contributed by atoms with Gasteiger partial charge in [-0.05, 0) is 43.7 Å². The maximum absolute atomic E-state index is 13.1. The van der Waals surface area contributed by atoms with Gasteiger partial charge in [0.05, 0.1) is 19.0 Å². The van der Waals surface area contributed by atoms with E-state index in [2.05, 4.69) is 46.1 Å². The van der Waals surface area contributed by atoms with E-state index in [9.17, 15) is 4.39 Å². The number of pyridine rings is 1. The van der Waals surface area contributed by atoms with Gasteiger partial charge in [0.2, 0.25) is 5.95 Å². The topological polar surface area (TPSA) is 60.0 Å². The molecule has 0 unspecified atom stereocenters. The number of nitrogens with one attached hydrogen (secondary N) is 1. The number of nitrogens with zero attached hydrogens (tertiary/aromatic N) is 2. The highest BCUT2D eigenvalue weighted by molar-refractivity contribution is 5.70. The molecule has 4 rings (SSSR count). The van der Waals surface area contributed by atoms with Gasteiger partial charge in [0.25, 0.3) is 0 Å². The summed E-state index contributed by atoms with van der Waals surface area (Å²) in [5.74, 6) is 1.46. The second-order valence-electron chi connectivity index (χ2n) is 7.05. The maximum atomic E-state index is 13.1. The van der Waals surface area contributed by atoms with E-state index in [1.807, 2.05) is 25.1 Å². The highest BCUT2D eigenvalue weighted by Crippen LogP contribution is 2.34. The summed E-state index contributed by atoms with van der Waals surface area (Å²) in [6.45, 7) is 4.08. The quantitative estimate of drug-likeness (QED) is 0.417. The lowest BCUT2D eigenvalue weighted by atomic mass is 10.1. The van der Waals surface area contributed by atoms with Gasteiger partial charge >= 0.3 is 0 Å². The van der Waals surface area contributed by atoms with Crippen LogP contribution >= 0.6 is 0 Å². The fraction of sp³-hybridized carbons (Fsp3) is 0.167. The molecule has 0 aliphatic carbocycles. The molecule has 6 heteroatoms. The summed E-state index contributed by atoms with van der Waals surface area (Å²) in [6.07, 6.45) is 3.07. The fourth-order valence-corrected chi connectivity index (χ4v) is 3.20. The Morgan fingerprint density at radius 2 is 1.77 bits per heavy atom. The van der Waals surface area contributed by atoms with E-state index in [4.69, 9.17) is 9.47 Å². The van der Waals surface area contributed by atoms with Crippen molar-refractivity contribution >= 4 is 0 Å². The Morgan fingerprint density at radius 1 is 0.967 bits per heavy atom. The van der Waals surface area contributed by atoms with Crippen LogP contribution in [-0.2, 0) is 0 Å². The standard InChI is InChI=1S/C24H22FN3O2/c1-15-4-6-17(7-5-15)16(2)30-19-9-10-20(22(12-19)29-3)21-14-27-24(28-21)18-8-11-23(25)26-13-18/h4-14,16H,1-3H3,(H,27,28)/t16-/m0/s1. The van der Waals surface area contributed by atoms with Gasteiger partial charge in [-0.25, -0.2) is 9.97 Å². The summed E-state index contributed by atoms with van der Waals surface area (Å²) >= 11 is 0.